The average Bonchev–Trinajstić information content (AvgIpc) is 3.19. The van der Waals surface area contributed by atoms with Gasteiger partial charge in [0.05, 0.1) is 5.41 Å². The number of benzene rings is 1. The van der Waals surface area contributed by atoms with Crippen molar-refractivity contribution in [1.82, 2.24) is 5.32 Å². The van der Waals surface area contributed by atoms with E-state index < -0.39 is 16.2 Å². The Morgan fingerprint density at radius 3 is 2.33 bits per heavy atom. The van der Waals surface area contributed by atoms with Gasteiger partial charge in [-0.1, -0.05) is 23.7 Å². The molecule has 0 radical (unpaired) electrons. The monoisotopic (exact) mass is 327 g/mol. The highest BCUT2D eigenvalue weighted by atomic mass is 35.5. The third-order valence-electron chi connectivity index (χ3n) is 3.84. The van der Waals surface area contributed by atoms with Gasteiger partial charge in [0.25, 0.3) is 0 Å². The maximum atomic E-state index is 12.4. The molecule has 1 aromatic rings. The highest BCUT2D eigenvalue weighted by molar-refractivity contribution is 7.86. The van der Waals surface area contributed by atoms with Gasteiger partial charge in [-0.05, 0) is 51.3 Å². The van der Waals surface area contributed by atoms with Crippen LogP contribution in [0.5, 0.6) is 0 Å². The zero-order valence-corrected chi connectivity index (χ0v) is 14.3. The second-order valence-corrected chi connectivity index (χ2v) is 9.27. The van der Waals surface area contributed by atoms with Gasteiger partial charge in [-0.2, -0.15) is 0 Å². The van der Waals surface area contributed by atoms with Crippen LogP contribution in [0.4, 0.5) is 0 Å². The van der Waals surface area contributed by atoms with Gasteiger partial charge in [0, 0.05) is 32.9 Å². The molecule has 3 nitrogen and oxygen atoms in total. The van der Waals surface area contributed by atoms with E-state index >= 15 is 0 Å². The Balaban J connectivity index is 1.92. The Morgan fingerprint density at radius 2 is 1.86 bits per heavy atom. The number of hydrogen-bond acceptors (Lipinski definition) is 2. The summed E-state index contributed by atoms with van der Waals surface area (Å²) in [4.78, 5) is 12.4. The van der Waals surface area contributed by atoms with Crippen LogP contribution in [-0.2, 0) is 21.0 Å². The lowest BCUT2D eigenvalue weighted by atomic mass is 9.95. The summed E-state index contributed by atoms with van der Waals surface area (Å²) in [6.45, 7) is 6.29. The van der Waals surface area contributed by atoms with Crippen molar-refractivity contribution in [2.24, 2.45) is 0 Å². The largest absolute Gasteiger partial charge is 0.354 e. The Hall–Kier alpha value is -0.870. The number of rotatable bonds is 5. The zero-order chi connectivity index (χ0) is 15.7. The van der Waals surface area contributed by atoms with E-state index in [-0.39, 0.29) is 10.7 Å². The van der Waals surface area contributed by atoms with Crippen LogP contribution < -0.4 is 5.32 Å². The van der Waals surface area contributed by atoms with E-state index in [9.17, 15) is 9.00 Å². The van der Waals surface area contributed by atoms with Crippen molar-refractivity contribution in [1.29, 1.82) is 0 Å². The minimum atomic E-state index is -0.940. The van der Waals surface area contributed by atoms with Gasteiger partial charge in [-0.3, -0.25) is 9.00 Å². The number of nitrogens with one attached hydrogen (secondary N) is 1. The van der Waals surface area contributed by atoms with Crippen LogP contribution in [0.1, 0.15) is 39.2 Å². The predicted octanol–water partition coefficient (Wildman–Crippen LogP) is 3.04. The molecule has 1 N–H and O–H groups in total. The Kier molecular flexibility index (Phi) is 4.79. The van der Waals surface area contributed by atoms with E-state index in [1.54, 1.807) is 0 Å². The molecule has 1 aliphatic rings. The van der Waals surface area contributed by atoms with Gasteiger partial charge in [-0.15, -0.1) is 0 Å². The van der Waals surface area contributed by atoms with E-state index in [1.807, 2.05) is 45.0 Å². The van der Waals surface area contributed by atoms with Crippen LogP contribution in [0.15, 0.2) is 24.3 Å². The maximum Gasteiger partial charge on any atom is 0.230 e. The quantitative estimate of drug-likeness (QED) is 0.903. The summed E-state index contributed by atoms with van der Waals surface area (Å²) >= 11 is 5.89. The first-order valence-electron chi connectivity index (χ1n) is 7.18. The van der Waals surface area contributed by atoms with Crippen LogP contribution >= 0.6 is 11.6 Å². The van der Waals surface area contributed by atoms with E-state index in [1.165, 1.54) is 0 Å². The first kappa shape index (κ1) is 16.5. The number of amides is 1. The minimum absolute atomic E-state index is 0.0377. The standard InChI is InChI=1S/C16H22ClNO2S/c1-15(2,3)21(20)11-10-18-14(19)16(8-9-16)12-4-6-13(17)7-5-12/h4-7H,8-11H2,1-3H3,(H,18,19). The molecule has 0 heterocycles. The summed E-state index contributed by atoms with van der Waals surface area (Å²) in [5.41, 5.74) is 0.620. The molecule has 0 bridgehead atoms. The molecule has 0 aliphatic heterocycles. The fourth-order valence-corrected chi connectivity index (χ4v) is 3.30. The Bertz CT molecular complexity index is 544. The predicted molar refractivity (Wildman–Crippen MR) is 88.1 cm³/mol. The van der Waals surface area contributed by atoms with Gasteiger partial charge in [-0.25, -0.2) is 0 Å². The van der Waals surface area contributed by atoms with Crippen molar-refractivity contribution in [3.8, 4) is 0 Å². The summed E-state index contributed by atoms with van der Waals surface area (Å²) < 4.78 is 11.7. The molecular formula is C16H22ClNO2S. The van der Waals surface area contributed by atoms with Crippen LogP contribution in [-0.4, -0.2) is 27.2 Å². The average molecular weight is 328 g/mol. The number of carbonyl (C=O) groups is 1. The first-order valence-corrected chi connectivity index (χ1v) is 8.88. The van der Waals surface area contributed by atoms with Gasteiger partial charge in [0.2, 0.25) is 5.91 Å². The van der Waals surface area contributed by atoms with Crippen molar-refractivity contribution in [3.63, 3.8) is 0 Å². The molecule has 21 heavy (non-hydrogen) atoms. The normalized spacial score (nSPS) is 18.1. The highest BCUT2D eigenvalue weighted by Crippen LogP contribution is 2.48. The fraction of sp³-hybridized carbons (Fsp3) is 0.562. The van der Waals surface area contributed by atoms with Crippen LogP contribution in [0.2, 0.25) is 5.02 Å². The van der Waals surface area contributed by atoms with E-state index in [0.29, 0.717) is 17.3 Å². The molecule has 1 atom stereocenters. The van der Waals surface area contributed by atoms with Crippen LogP contribution in [0.25, 0.3) is 0 Å². The molecule has 5 heteroatoms. The molecule has 0 saturated heterocycles. The lowest BCUT2D eigenvalue weighted by molar-refractivity contribution is -0.123. The van der Waals surface area contributed by atoms with Crippen LogP contribution in [0.3, 0.4) is 0 Å². The van der Waals surface area contributed by atoms with Crippen molar-refractivity contribution in [3.05, 3.63) is 34.9 Å². The Labute approximate surface area is 133 Å². The summed E-state index contributed by atoms with van der Waals surface area (Å²) in [6.07, 6.45) is 1.73. The molecule has 116 valence electrons. The SMILES string of the molecule is CC(C)(C)S(=O)CCNC(=O)C1(c2ccc(Cl)cc2)CC1. The molecule has 1 amide bonds. The molecule has 1 unspecified atom stereocenters. The van der Waals surface area contributed by atoms with E-state index in [0.717, 1.165) is 18.4 Å². The molecular weight excluding hydrogens is 306 g/mol. The lowest BCUT2D eigenvalue weighted by Gasteiger charge is -2.19. The molecule has 1 aromatic carbocycles. The van der Waals surface area contributed by atoms with Crippen molar-refractivity contribution >= 4 is 28.3 Å². The highest BCUT2D eigenvalue weighted by Gasteiger charge is 2.51. The lowest BCUT2D eigenvalue weighted by Crippen LogP contribution is -2.38. The van der Waals surface area contributed by atoms with Crippen molar-refractivity contribution in [2.75, 3.05) is 12.3 Å². The summed E-state index contributed by atoms with van der Waals surface area (Å²) in [7, 11) is -0.940. The fourth-order valence-electron chi connectivity index (χ4n) is 2.27. The van der Waals surface area contributed by atoms with Gasteiger partial charge in [0.1, 0.15) is 0 Å². The minimum Gasteiger partial charge on any atom is -0.354 e. The third-order valence-corrected chi connectivity index (χ3v) is 6.03. The maximum absolute atomic E-state index is 12.4. The van der Waals surface area contributed by atoms with Gasteiger partial charge >= 0.3 is 0 Å². The molecule has 0 aromatic heterocycles. The molecule has 0 spiro atoms. The van der Waals surface area contributed by atoms with Gasteiger partial charge < -0.3 is 5.32 Å². The molecule has 1 saturated carbocycles. The number of hydrogen-bond donors (Lipinski definition) is 1. The zero-order valence-electron chi connectivity index (χ0n) is 12.7. The third kappa shape index (κ3) is 3.86. The number of halogens is 1. The summed E-state index contributed by atoms with van der Waals surface area (Å²) in [6, 6.07) is 7.47. The summed E-state index contributed by atoms with van der Waals surface area (Å²) in [5, 5.41) is 3.61. The second-order valence-electron chi connectivity index (χ2n) is 6.51. The summed E-state index contributed by atoms with van der Waals surface area (Å²) in [5.74, 6) is 0.530. The number of carbonyl (C=O) groups excluding carboxylic acids is 1. The Morgan fingerprint density at radius 1 is 1.29 bits per heavy atom. The van der Waals surface area contributed by atoms with Crippen molar-refractivity contribution in [2.45, 2.75) is 43.8 Å². The smallest absolute Gasteiger partial charge is 0.230 e. The first-order chi connectivity index (χ1) is 9.75. The molecule has 2 rings (SSSR count). The molecule has 1 aliphatic carbocycles. The molecule has 1 fully saturated rings. The van der Waals surface area contributed by atoms with E-state index in [4.69, 9.17) is 11.6 Å². The topological polar surface area (TPSA) is 46.2 Å². The van der Waals surface area contributed by atoms with E-state index in [2.05, 4.69) is 5.32 Å². The van der Waals surface area contributed by atoms with Gasteiger partial charge in [0.15, 0.2) is 0 Å². The van der Waals surface area contributed by atoms with Crippen LogP contribution in [0, 0.1) is 0 Å². The van der Waals surface area contributed by atoms with Crippen molar-refractivity contribution < 1.29 is 9.00 Å². The second kappa shape index (κ2) is 6.09.